The van der Waals surface area contributed by atoms with Gasteiger partial charge in [0.15, 0.2) is 0 Å². The van der Waals surface area contributed by atoms with E-state index in [1.54, 1.807) is 0 Å². The van der Waals surface area contributed by atoms with E-state index < -0.39 is 5.97 Å². The van der Waals surface area contributed by atoms with E-state index in [1.807, 2.05) is 6.92 Å². The van der Waals surface area contributed by atoms with Crippen molar-refractivity contribution in [3.8, 4) is 0 Å². The predicted molar refractivity (Wildman–Crippen MR) is 66.7 cm³/mol. The molecule has 3 unspecified atom stereocenters. The smallest absolute Gasteiger partial charge is 0.283 e. The van der Waals surface area contributed by atoms with Crippen LogP contribution in [0, 0.1) is 0 Å². The molecule has 0 aliphatic carbocycles. The Morgan fingerprint density at radius 1 is 1.18 bits per heavy atom. The fourth-order valence-corrected chi connectivity index (χ4v) is 2.73. The fourth-order valence-electron chi connectivity index (χ4n) is 2.73. The third-order valence-corrected chi connectivity index (χ3v) is 3.65. The number of ether oxygens (including phenoxy) is 3. The summed E-state index contributed by atoms with van der Waals surface area (Å²) in [6, 6.07) is 0. The van der Waals surface area contributed by atoms with Crippen molar-refractivity contribution in [1.82, 2.24) is 0 Å². The largest absolute Gasteiger partial charge is 0.325 e. The zero-order valence-corrected chi connectivity index (χ0v) is 11.2. The van der Waals surface area contributed by atoms with Crippen LogP contribution >= 0.6 is 0 Å². The maximum atomic E-state index is 6.04. The van der Waals surface area contributed by atoms with Gasteiger partial charge in [0.2, 0.25) is 0 Å². The Bertz CT molecular complexity index is 228. The Balaban J connectivity index is 1.73. The third kappa shape index (κ3) is 3.67. The molecule has 2 aliphatic heterocycles. The van der Waals surface area contributed by atoms with Crippen LogP contribution in [-0.4, -0.2) is 24.8 Å². The minimum Gasteiger partial charge on any atom is -0.325 e. The molecule has 1 spiro atoms. The topological polar surface area (TPSA) is 27.7 Å². The highest BCUT2D eigenvalue weighted by Gasteiger charge is 2.45. The Morgan fingerprint density at radius 2 is 2.06 bits per heavy atom. The number of rotatable bonds is 5. The van der Waals surface area contributed by atoms with Crippen molar-refractivity contribution in [3.63, 3.8) is 0 Å². The summed E-state index contributed by atoms with van der Waals surface area (Å²) in [4.78, 5) is 0. The van der Waals surface area contributed by atoms with Crippen LogP contribution in [0.5, 0.6) is 0 Å². The molecule has 2 fully saturated rings. The molecule has 0 radical (unpaired) electrons. The van der Waals surface area contributed by atoms with Crippen LogP contribution in [0.25, 0.3) is 0 Å². The molecule has 0 aromatic carbocycles. The van der Waals surface area contributed by atoms with Gasteiger partial charge in [0.25, 0.3) is 5.97 Å². The summed E-state index contributed by atoms with van der Waals surface area (Å²) in [5, 5.41) is 0. The first kappa shape index (κ1) is 13.3. The predicted octanol–water partition coefficient (Wildman–Crippen LogP) is 3.62. The lowest BCUT2D eigenvalue weighted by Gasteiger charge is -2.36. The van der Waals surface area contributed by atoms with Gasteiger partial charge in [-0.25, -0.2) is 0 Å². The first-order valence-electron chi connectivity index (χ1n) is 7.24. The summed E-state index contributed by atoms with van der Waals surface area (Å²) in [6.07, 6.45) is 10.1. The summed E-state index contributed by atoms with van der Waals surface area (Å²) in [6.45, 7) is 4.96. The van der Waals surface area contributed by atoms with E-state index in [4.69, 9.17) is 14.2 Å². The average Bonchev–Trinajstić information content (AvgIpc) is 2.66. The first-order valence-corrected chi connectivity index (χ1v) is 7.24. The Hall–Kier alpha value is -0.120. The molecule has 2 aliphatic rings. The summed E-state index contributed by atoms with van der Waals surface area (Å²) in [5.74, 6) is -0.687. The van der Waals surface area contributed by atoms with Crippen LogP contribution in [0.4, 0.5) is 0 Å². The van der Waals surface area contributed by atoms with E-state index in [0.717, 1.165) is 25.7 Å². The Kier molecular flexibility index (Phi) is 4.83. The van der Waals surface area contributed by atoms with Crippen LogP contribution in [0.1, 0.15) is 65.2 Å². The lowest BCUT2D eigenvalue weighted by molar-refractivity contribution is -0.369. The summed E-state index contributed by atoms with van der Waals surface area (Å²) >= 11 is 0. The molecule has 3 heteroatoms. The molecule has 100 valence electrons. The second-order valence-corrected chi connectivity index (χ2v) is 5.40. The maximum absolute atomic E-state index is 6.04. The highest BCUT2D eigenvalue weighted by atomic mass is 16.9. The van der Waals surface area contributed by atoms with Gasteiger partial charge in [-0.15, -0.1) is 0 Å². The molecule has 2 rings (SSSR count). The molecule has 3 nitrogen and oxygen atoms in total. The molecule has 0 bridgehead atoms. The van der Waals surface area contributed by atoms with Crippen molar-refractivity contribution < 1.29 is 14.2 Å². The van der Waals surface area contributed by atoms with E-state index in [-0.39, 0.29) is 6.10 Å². The quantitative estimate of drug-likeness (QED) is 0.689. The Labute approximate surface area is 105 Å². The minimum atomic E-state index is -0.687. The normalized spacial score (nSPS) is 37.8. The van der Waals surface area contributed by atoms with Crippen molar-refractivity contribution in [2.75, 3.05) is 6.61 Å². The zero-order valence-electron chi connectivity index (χ0n) is 11.2. The van der Waals surface area contributed by atoms with Gasteiger partial charge in [-0.05, 0) is 26.2 Å². The third-order valence-electron chi connectivity index (χ3n) is 3.65. The van der Waals surface area contributed by atoms with Gasteiger partial charge in [0, 0.05) is 6.42 Å². The van der Waals surface area contributed by atoms with Crippen LogP contribution < -0.4 is 0 Å². The molecule has 0 aromatic rings. The van der Waals surface area contributed by atoms with Crippen molar-refractivity contribution in [2.24, 2.45) is 0 Å². The lowest BCUT2D eigenvalue weighted by atomic mass is 10.0. The van der Waals surface area contributed by atoms with Crippen LogP contribution in [0.3, 0.4) is 0 Å². The molecule has 17 heavy (non-hydrogen) atoms. The maximum Gasteiger partial charge on any atom is 0.283 e. The van der Waals surface area contributed by atoms with Crippen molar-refractivity contribution >= 4 is 0 Å². The van der Waals surface area contributed by atoms with Gasteiger partial charge in [0.1, 0.15) is 0 Å². The van der Waals surface area contributed by atoms with E-state index in [0.29, 0.717) is 12.7 Å². The number of hydrogen-bond acceptors (Lipinski definition) is 3. The molecule has 0 N–H and O–H groups in total. The van der Waals surface area contributed by atoms with E-state index >= 15 is 0 Å². The first-order chi connectivity index (χ1) is 8.24. The van der Waals surface area contributed by atoms with E-state index in [9.17, 15) is 0 Å². The molecular formula is C14H26O3. The van der Waals surface area contributed by atoms with Gasteiger partial charge >= 0.3 is 0 Å². The lowest BCUT2D eigenvalue weighted by Crippen LogP contribution is -2.42. The van der Waals surface area contributed by atoms with Gasteiger partial charge in [0.05, 0.1) is 18.8 Å². The van der Waals surface area contributed by atoms with Crippen LogP contribution in [-0.2, 0) is 14.2 Å². The standard InChI is InChI=1S/C14H26O3/c1-3-4-5-6-8-13-9-7-10-14(17-13)15-11-12(2)16-14/h12-13H,3-11H2,1-2H3. The van der Waals surface area contributed by atoms with Crippen molar-refractivity contribution in [3.05, 3.63) is 0 Å². The number of unbranched alkanes of at least 4 members (excludes halogenated alkanes) is 3. The number of hydrogen-bond donors (Lipinski definition) is 0. The van der Waals surface area contributed by atoms with Gasteiger partial charge < -0.3 is 14.2 Å². The SMILES string of the molecule is CCCCCCC1CCCC2(OCC(C)O2)O1. The molecule has 3 atom stereocenters. The van der Waals surface area contributed by atoms with Crippen molar-refractivity contribution in [1.29, 1.82) is 0 Å². The molecule has 2 heterocycles. The summed E-state index contributed by atoms with van der Waals surface area (Å²) < 4.78 is 17.6. The van der Waals surface area contributed by atoms with Gasteiger partial charge in [-0.1, -0.05) is 32.6 Å². The zero-order chi connectivity index (χ0) is 12.1. The average molecular weight is 242 g/mol. The highest BCUT2D eigenvalue weighted by molar-refractivity contribution is 4.76. The van der Waals surface area contributed by atoms with E-state index in [1.165, 1.54) is 25.7 Å². The van der Waals surface area contributed by atoms with Crippen LogP contribution in [0.2, 0.25) is 0 Å². The second kappa shape index (κ2) is 6.17. The highest BCUT2D eigenvalue weighted by Crippen LogP contribution is 2.37. The summed E-state index contributed by atoms with van der Waals surface area (Å²) in [5.41, 5.74) is 0. The van der Waals surface area contributed by atoms with Gasteiger partial charge in [-0.2, -0.15) is 0 Å². The summed E-state index contributed by atoms with van der Waals surface area (Å²) in [7, 11) is 0. The van der Waals surface area contributed by atoms with E-state index in [2.05, 4.69) is 6.92 Å². The van der Waals surface area contributed by atoms with Crippen LogP contribution in [0.15, 0.2) is 0 Å². The fraction of sp³-hybridized carbons (Fsp3) is 1.00. The van der Waals surface area contributed by atoms with Crippen molar-refractivity contribution in [2.45, 2.75) is 83.4 Å². The van der Waals surface area contributed by atoms with Gasteiger partial charge in [-0.3, -0.25) is 0 Å². The molecular weight excluding hydrogens is 216 g/mol. The molecule has 0 aromatic heterocycles. The minimum absolute atomic E-state index is 0.175. The molecule has 0 saturated carbocycles. The molecule has 0 amide bonds. The monoisotopic (exact) mass is 242 g/mol. The molecule has 2 saturated heterocycles. The second-order valence-electron chi connectivity index (χ2n) is 5.40. The Morgan fingerprint density at radius 3 is 2.76 bits per heavy atom.